The first-order valence-corrected chi connectivity index (χ1v) is 9.51. The highest BCUT2D eigenvalue weighted by atomic mass is 16.6. The van der Waals surface area contributed by atoms with Gasteiger partial charge >= 0.3 is 0 Å². The molecule has 11 nitrogen and oxygen atoms in total. The van der Waals surface area contributed by atoms with Crippen molar-refractivity contribution in [2.45, 2.75) is 0 Å². The Kier molecular flexibility index (Phi) is 5.51. The molecular weight excluding hydrogens is 430 g/mol. The van der Waals surface area contributed by atoms with Crippen molar-refractivity contribution in [3.8, 4) is 16.9 Å². The lowest BCUT2D eigenvalue weighted by Gasteiger charge is -2.04. The fourth-order valence-electron chi connectivity index (χ4n) is 3.34. The maximum Gasteiger partial charge on any atom is 0.288 e. The summed E-state index contributed by atoms with van der Waals surface area (Å²) in [6.07, 6.45) is 1.08. The number of carbonyl (C=O) groups is 1. The van der Waals surface area contributed by atoms with Gasteiger partial charge in [0.2, 0.25) is 0 Å². The molecule has 3 aromatic carbocycles. The number of rotatable bonds is 6. The Balaban J connectivity index is 1.71. The van der Waals surface area contributed by atoms with Gasteiger partial charge in [0.15, 0.2) is 0 Å². The number of aromatic nitrogens is 1. The standard InChI is InChI=1S/C22H15N5O6/c28-19-9-7-15(26(30)31)10-14(19)12-23-25-22(29)21-20(13-4-2-1-3-5-13)17-11-16(27(32)33)6-8-18(17)24-21/h1-12,24,28H,(H,25,29). The van der Waals surface area contributed by atoms with Crippen LogP contribution in [-0.4, -0.2) is 32.1 Å². The summed E-state index contributed by atoms with van der Waals surface area (Å²) in [4.78, 5) is 36.9. The third-order valence-electron chi connectivity index (χ3n) is 4.87. The molecule has 0 saturated heterocycles. The number of nitro benzene ring substituents is 2. The van der Waals surface area contributed by atoms with E-state index in [1.54, 1.807) is 30.3 Å². The van der Waals surface area contributed by atoms with Crippen molar-refractivity contribution in [1.29, 1.82) is 0 Å². The summed E-state index contributed by atoms with van der Waals surface area (Å²) in [5.41, 5.74) is 3.75. The van der Waals surface area contributed by atoms with Crippen LogP contribution >= 0.6 is 0 Å². The number of fused-ring (bicyclic) bond motifs is 1. The third kappa shape index (κ3) is 4.23. The van der Waals surface area contributed by atoms with E-state index in [-0.39, 0.29) is 28.4 Å². The minimum absolute atomic E-state index is 0.0417. The number of carbonyl (C=O) groups excluding carboxylic acids is 1. The number of phenolic OH excluding ortho intramolecular Hbond substituents is 1. The van der Waals surface area contributed by atoms with Crippen LogP contribution in [0.1, 0.15) is 16.1 Å². The second kappa shape index (κ2) is 8.59. The Morgan fingerprint density at radius 2 is 1.64 bits per heavy atom. The van der Waals surface area contributed by atoms with Gasteiger partial charge in [0, 0.05) is 46.3 Å². The number of nitro groups is 2. The second-order valence-electron chi connectivity index (χ2n) is 6.93. The van der Waals surface area contributed by atoms with Crippen LogP contribution < -0.4 is 5.43 Å². The number of amides is 1. The highest BCUT2D eigenvalue weighted by Gasteiger charge is 2.21. The molecule has 164 valence electrons. The van der Waals surface area contributed by atoms with Gasteiger partial charge in [-0.1, -0.05) is 30.3 Å². The maximum atomic E-state index is 12.9. The normalized spacial score (nSPS) is 11.0. The minimum atomic E-state index is -0.645. The summed E-state index contributed by atoms with van der Waals surface area (Å²) in [5.74, 6) is -0.893. The van der Waals surface area contributed by atoms with Crippen molar-refractivity contribution in [2.75, 3.05) is 0 Å². The van der Waals surface area contributed by atoms with E-state index < -0.39 is 15.8 Å². The number of H-pyrrole nitrogens is 1. The number of hydrogen-bond acceptors (Lipinski definition) is 7. The summed E-state index contributed by atoms with van der Waals surface area (Å²) in [6.45, 7) is 0. The van der Waals surface area contributed by atoms with Crippen LogP contribution in [0.2, 0.25) is 0 Å². The highest BCUT2D eigenvalue weighted by molar-refractivity contribution is 6.10. The molecule has 0 aliphatic carbocycles. The molecule has 0 aliphatic heterocycles. The fraction of sp³-hybridized carbons (Fsp3) is 0. The molecule has 33 heavy (non-hydrogen) atoms. The molecule has 1 aromatic heterocycles. The predicted molar refractivity (Wildman–Crippen MR) is 120 cm³/mol. The molecule has 4 rings (SSSR count). The summed E-state index contributed by atoms with van der Waals surface area (Å²) in [5, 5.41) is 36.3. The van der Waals surface area contributed by atoms with E-state index >= 15 is 0 Å². The van der Waals surface area contributed by atoms with Crippen molar-refractivity contribution in [3.05, 3.63) is 98.2 Å². The first kappa shape index (κ1) is 21.2. The van der Waals surface area contributed by atoms with Gasteiger partial charge in [-0.2, -0.15) is 5.10 Å². The number of aromatic hydroxyl groups is 1. The molecule has 0 radical (unpaired) electrons. The van der Waals surface area contributed by atoms with Gasteiger partial charge in [-0.25, -0.2) is 5.43 Å². The fourth-order valence-corrected chi connectivity index (χ4v) is 3.34. The maximum absolute atomic E-state index is 12.9. The Morgan fingerprint density at radius 3 is 2.33 bits per heavy atom. The Hall–Kier alpha value is -5.06. The van der Waals surface area contributed by atoms with Crippen molar-refractivity contribution >= 4 is 34.4 Å². The topological polar surface area (TPSA) is 164 Å². The number of nitrogens with one attached hydrogen (secondary N) is 2. The molecule has 3 N–H and O–H groups in total. The Labute approximate surface area is 185 Å². The third-order valence-corrected chi connectivity index (χ3v) is 4.87. The molecule has 0 spiro atoms. The number of benzene rings is 3. The minimum Gasteiger partial charge on any atom is -0.507 e. The molecule has 0 atom stereocenters. The van der Waals surface area contributed by atoms with Gasteiger partial charge < -0.3 is 10.1 Å². The molecule has 0 aliphatic rings. The quantitative estimate of drug-likeness (QED) is 0.229. The van der Waals surface area contributed by atoms with Crippen LogP contribution in [0.3, 0.4) is 0 Å². The van der Waals surface area contributed by atoms with E-state index in [0.717, 1.165) is 24.4 Å². The number of nitrogens with zero attached hydrogens (tertiary/aromatic N) is 3. The molecule has 0 fully saturated rings. The lowest BCUT2D eigenvalue weighted by molar-refractivity contribution is -0.385. The van der Waals surface area contributed by atoms with Gasteiger partial charge in [0.05, 0.1) is 16.1 Å². The summed E-state index contributed by atoms with van der Waals surface area (Å²) in [7, 11) is 0. The summed E-state index contributed by atoms with van der Waals surface area (Å²) < 4.78 is 0. The van der Waals surface area contributed by atoms with Crippen LogP contribution in [0.15, 0.2) is 71.8 Å². The van der Waals surface area contributed by atoms with Gasteiger partial charge in [-0.15, -0.1) is 0 Å². The van der Waals surface area contributed by atoms with Gasteiger partial charge in [-0.3, -0.25) is 25.0 Å². The zero-order chi connectivity index (χ0) is 23.5. The van der Waals surface area contributed by atoms with Crippen LogP contribution in [0.5, 0.6) is 5.75 Å². The molecule has 0 saturated carbocycles. The van der Waals surface area contributed by atoms with Crippen LogP contribution in [-0.2, 0) is 0 Å². The SMILES string of the molecule is O=C(NN=Cc1cc([N+](=O)[O-])ccc1O)c1[nH]c2ccc([N+](=O)[O-])cc2c1-c1ccccc1. The summed E-state index contributed by atoms with van der Waals surface area (Å²) >= 11 is 0. The average Bonchev–Trinajstić information content (AvgIpc) is 3.19. The van der Waals surface area contributed by atoms with Gasteiger partial charge in [0.1, 0.15) is 11.4 Å². The Morgan fingerprint density at radius 1 is 0.970 bits per heavy atom. The molecule has 4 aromatic rings. The molecule has 1 amide bonds. The lowest BCUT2D eigenvalue weighted by Crippen LogP contribution is -2.18. The average molecular weight is 445 g/mol. The van der Waals surface area contributed by atoms with Crippen LogP contribution in [0, 0.1) is 20.2 Å². The van der Waals surface area contributed by atoms with Gasteiger partial charge in [-0.05, 0) is 17.7 Å². The zero-order valence-corrected chi connectivity index (χ0v) is 16.8. The first-order chi connectivity index (χ1) is 15.8. The zero-order valence-electron chi connectivity index (χ0n) is 16.8. The second-order valence-corrected chi connectivity index (χ2v) is 6.93. The molecule has 11 heteroatoms. The number of hydrazone groups is 1. The van der Waals surface area contributed by atoms with E-state index in [0.29, 0.717) is 22.0 Å². The highest BCUT2D eigenvalue weighted by Crippen LogP contribution is 2.34. The Bertz CT molecular complexity index is 1430. The van der Waals surface area contributed by atoms with E-state index in [2.05, 4.69) is 15.5 Å². The first-order valence-electron chi connectivity index (χ1n) is 9.51. The molecular formula is C22H15N5O6. The smallest absolute Gasteiger partial charge is 0.288 e. The monoisotopic (exact) mass is 445 g/mol. The molecule has 0 unspecified atom stereocenters. The molecule has 1 heterocycles. The van der Waals surface area contributed by atoms with Crippen LogP contribution in [0.4, 0.5) is 11.4 Å². The van der Waals surface area contributed by atoms with E-state index in [1.165, 1.54) is 18.2 Å². The number of non-ortho nitro benzene ring substituents is 2. The number of aromatic amines is 1. The van der Waals surface area contributed by atoms with Crippen molar-refractivity contribution in [2.24, 2.45) is 5.10 Å². The summed E-state index contributed by atoms with van der Waals surface area (Å²) in [6, 6.07) is 16.5. The van der Waals surface area contributed by atoms with Crippen molar-refractivity contribution < 1.29 is 19.7 Å². The molecule has 0 bridgehead atoms. The van der Waals surface area contributed by atoms with Gasteiger partial charge in [0.25, 0.3) is 17.3 Å². The van der Waals surface area contributed by atoms with E-state index in [4.69, 9.17) is 0 Å². The number of phenols is 1. The van der Waals surface area contributed by atoms with Crippen molar-refractivity contribution in [1.82, 2.24) is 10.4 Å². The number of hydrogen-bond donors (Lipinski definition) is 3. The van der Waals surface area contributed by atoms with E-state index in [1.807, 2.05) is 0 Å². The lowest BCUT2D eigenvalue weighted by atomic mass is 10.0. The van der Waals surface area contributed by atoms with Crippen molar-refractivity contribution in [3.63, 3.8) is 0 Å². The largest absolute Gasteiger partial charge is 0.507 e. The van der Waals surface area contributed by atoms with E-state index in [9.17, 15) is 30.1 Å². The predicted octanol–water partition coefficient (Wildman–Crippen LogP) is 4.12. The van der Waals surface area contributed by atoms with Crippen LogP contribution in [0.25, 0.3) is 22.0 Å².